The molecule has 0 fully saturated rings. The summed E-state index contributed by atoms with van der Waals surface area (Å²) in [7, 11) is 0. The van der Waals surface area contributed by atoms with Crippen LogP contribution in [0.4, 0.5) is 0 Å². The molecule has 3 N–H and O–H groups in total. The van der Waals surface area contributed by atoms with Crippen LogP contribution in [0, 0.1) is 12.3 Å². The van der Waals surface area contributed by atoms with Gasteiger partial charge >= 0.3 is 0 Å². The zero-order valence-electron chi connectivity index (χ0n) is 11.4. The lowest BCUT2D eigenvalue weighted by Gasteiger charge is -2.09. The fraction of sp³-hybridized carbons (Fsp3) is 0.200. The van der Waals surface area contributed by atoms with Gasteiger partial charge in [-0.3, -0.25) is 5.41 Å². The summed E-state index contributed by atoms with van der Waals surface area (Å²) in [6, 6.07) is 8.88. The molecule has 5 heteroatoms. The number of aryl methyl sites for hydroxylation is 2. The van der Waals surface area contributed by atoms with Crippen LogP contribution in [-0.2, 0) is 6.42 Å². The second-order valence-electron chi connectivity index (χ2n) is 4.46. The number of benzene rings is 1. The number of halogens is 1. The van der Waals surface area contributed by atoms with Gasteiger partial charge in [0.2, 0.25) is 5.88 Å². The van der Waals surface area contributed by atoms with Gasteiger partial charge in [0.15, 0.2) is 0 Å². The monoisotopic (exact) mass is 289 g/mol. The average molecular weight is 290 g/mol. The van der Waals surface area contributed by atoms with Crippen molar-refractivity contribution in [3.8, 4) is 11.6 Å². The molecule has 1 aromatic carbocycles. The van der Waals surface area contributed by atoms with E-state index in [0.29, 0.717) is 17.2 Å². The van der Waals surface area contributed by atoms with Gasteiger partial charge < -0.3 is 10.5 Å². The predicted octanol–water partition coefficient (Wildman–Crippen LogP) is 3.68. The Morgan fingerprint density at radius 3 is 2.75 bits per heavy atom. The fourth-order valence-electron chi connectivity index (χ4n) is 1.85. The number of nitrogens with one attached hydrogen (secondary N) is 1. The Morgan fingerprint density at radius 1 is 1.35 bits per heavy atom. The number of aromatic nitrogens is 1. The molecule has 104 valence electrons. The van der Waals surface area contributed by atoms with Gasteiger partial charge in [-0.1, -0.05) is 18.5 Å². The summed E-state index contributed by atoms with van der Waals surface area (Å²) in [4.78, 5) is 4.28. The highest BCUT2D eigenvalue weighted by atomic mass is 35.5. The zero-order valence-corrected chi connectivity index (χ0v) is 12.2. The summed E-state index contributed by atoms with van der Waals surface area (Å²) in [5.74, 6) is 1.07. The maximum Gasteiger partial charge on any atom is 0.220 e. The van der Waals surface area contributed by atoms with E-state index in [2.05, 4.69) is 4.98 Å². The first-order valence-corrected chi connectivity index (χ1v) is 6.66. The second-order valence-corrected chi connectivity index (χ2v) is 4.87. The minimum atomic E-state index is -0.00861. The fourth-order valence-corrected chi connectivity index (χ4v) is 2.10. The first-order chi connectivity index (χ1) is 9.49. The third kappa shape index (κ3) is 3.27. The van der Waals surface area contributed by atoms with Crippen molar-refractivity contribution in [1.29, 1.82) is 5.41 Å². The second kappa shape index (κ2) is 5.92. The van der Waals surface area contributed by atoms with E-state index in [0.717, 1.165) is 22.7 Å². The average Bonchev–Trinajstić information content (AvgIpc) is 2.40. The van der Waals surface area contributed by atoms with Crippen molar-refractivity contribution in [2.45, 2.75) is 20.3 Å². The molecule has 2 aromatic rings. The molecule has 0 spiro atoms. The lowest BCUT2D eigenvalue weighted by molar-refractivity contribution is 0.461. The highest BCUT2D eigenvalue weighted by Crippen LogP contribution is 2.26. The van der Waals surface area contributed by atoms with Crippen LogP contribution >= 0.6 is 11.6 Å². The van der Waals surface area contributed by atoms with Crippen molar-refractivity contribution in [3.05, 3.63) is 52.2 Å². The standard InChI is InChI=1S/C15H16ClN3O/c1-3-10-7-12(4-5-13(10)16)20-14-8-11(15(17)18)6-9(2)19-14/h4-8H,3H2,1-2H3,(H3,17,18). The molecule has 20 heavy (non-hydrogen) atoms. The maximum atomic E-state index is 7.48. The minimum absolute atomic E-state index is 0.00861. The van der Waals surface area contributed by atoms with Gasteiger partial charge in [0, 0.05) is 22.3 Å². The molecule has 4 nitrogen and oxygen atoms in total. The van der Waals surface area contributed by atoms with Crippen molar-refractivity contribution in [1.82, 2.24) is 4.98 Å². The number of nitrogens with two attached hydrogens (primary N) is 1. The molecule has 0 aliphatic heterocycles. The Hall–Kier alpha value is -2.07. The number of pyridine rings is 1. The molecule has 0 saturated carbocycles. The van der Waals surface area contributed by atoms with E-state index in [1.165, 1.54) is 0 Å². The molecule has 0 aliphatic carbocycles. The van der Waals surface area contributed by atoms with E-state index in [4.69, 9.17) is 27.5 Å². The molecule has 1 heterocycles. The number of amidine groups is 1. The number of nitrogen functional groups attached to an aromatic ring is 1. The van der Waals surface area contributed by atoms with Crippen molar-refractivity contribution < 1.29 is 4.74 Å². The molecule has 0 aliphatic rings. The largest absolute Gasteiger partial charge is 0.439 e. The number of nitrogens with zero attached hydrogens (tertiary/aromatic N) is 1. The van der Waals surface area contributed by atoms with E-state index >= 15 is 0 Å². The quantitative estimate of drug-likeness (QED) is 0.666. The summed E-state index contributed by atoms with van der Waals surface area (Å²) in [6.45, 7) is 3.86. The van der Waals surface area contributed by atoms with E-state index < -0.39 is 0 Å². The van der Waals surface area contributed by atoms with Crippen LogP contribution in [0.5, 0.6) is 11.6 Å². The molecule has 2 rings (SSSR count). The maximum absolute atomic E-state index is 7.48. The third-order valence-electron chi connectivity index (χ3n) is 2.86. The smallest absolute Gasteiger partial charge is 0.220 e. The van der Waals surface area contributed by atoms with Gasteiger partial charge in [0.1, 0.15) is 11.6 Å². The SMILES string of the molecule is CCc1cc(Oc2cc(C(=N)N)cc(C)n2)ccc1Cl. The Bertz CT molecular complexity index is 656. The van der Waals surface area contributed by atoms with Crippen LogP contribution in [0.3, 0.4) is 0 Å². The Morgan fingerprint density at radius 2 is 2.10 bits per heavy atom. The van der Waals surface area contributed by atoms with Gasteiger partial charge in [-0.2, -0.15) is 0 Å². The van der Waals surface area contributed by atoms with E-state index in [-0.39, 0.29) is 5.84 Å². The molecular formula is C15H16ClN3O. The van der Waals surface area contributed by atoms with Crippen LogP contribution in [0.1, 0.15) is 23.7 Å². The van der Waals surface area contributed by atoms with Crippen LogP contribution in [0.15, 0.2) is 30.3 Å². The molecule has 0 saturated heterocycles. The first kappa shape index (κ1) is 14.3. The number of hydrogen-bond acceptors (Lipinski definition) is 3. The van der Waals surface area contributed by atoms with Crippen LogP contribution in [-0.4, -0.2) is 10.8 Å². The number of rotatable bonds is 4. The molecule has 0 unspecified atom stereocenters. The summed E-state index contributed by atoms with van der Waals surface area (Å²) >= 11 is 6.08. The Balaban J connectivity index is 2.32. The highest BCUT2D eigenvalue weighted by Gasteiger charge is 2.06. The van der Waals surface area contributed by atoms with Crippen molar-refractivity contribution >= 4 is 17.4 Å². The third-order valence-corrected chi connectivity index (χ3v) is 3.23. The van der Waals surface area contributed by atoms with Crippen molar-refractivity contribution in [2.75, 3.05) is 0 Å². The van der Waals surface area contributed by atoms with Crippen molar-refractivity contribution in [3.63, 3.8) is 0 Å². The topological polar surface area (TPSA) is 72.0 Å². The summed E-state index contributed by atoms with van der Waals surface area (Å²) < 4.78 is 5.73. The molecule has 0 amide bonds. The van der Waals surface area contributed by atoms with E-state index in [9.17, 15) is 0 Å². The minimum Gasteiger partial charge on any atom is -0.439 e. The van der Waals surface area contributed by atoms with Gasteiger partial charge in [-0.15, -0.1) is 0 Å². The van der Waals surface area contributed by atoms with Gasteiger partial charge in [-0.25, -0.2) is 4.98 Å². The summed E-state index contributed by atoms with van der Waals surface area (Å²) in [5, 5.41) is 8.20. The van der Waals surface area contributed by atoms with Gasteiger partial charge in [0.05, 0.1) is 0 Å². The molecule has 0 radical (unpaired) electrons. The highest BCUT2D eigenvalue weighted by molar-refractivity contribution is 6.31. The van der Waals surface area contributed by atoms with Crippen LogP contribution < -0.4 is 10.5 Å². The zero-order chi connectivity index (χ0) is 14.7. The summed E-state index contributed by atoms with van der Waals surface area (Å²) in [6.07, 6.45) is 0.829. The Kier molecular flexibility index (Phi) is 4.25. The van der Waals surface area contributed by atoms with Gasteiger partial charge in [0.25, 0.3) is 0 Å². The lowest BCUT2D eigenvalue weighted by Crippen LogP contribution is -2.11. The van der Waals surface area contributed by atoms with Crippen LogP contribution in [0.25, 0.3) is 0 Å². The van der Waals surface area contributed by atoms with E-state index in [1.807, 2.05) is 19.9 Å². The molecular weight excluding hydrogens is 274 g/mol. The van der Waals surface area contributed by atoms with Crippen LogP contribution in [0.2, 0.25) is 5.02 Å². The molecule has 1 aromatic heterocycles. The van der Waals surface area contributed by atoms with Crippen molar-refractivity contribution in [2.24, 2.45) is 5.73 Å². The van der Waals surface area contributed by atoms with E-state index in [1.54, 1.807) is 24.3 Å². The number of ether oxygens (including phenoxy) is 1. The molecule has 0 bridgehead atoms. The number of hydrogen-bond donors (Lipinski definition) is 2. The first-order valence-electron chi connectivity index (χ1n) is 6.29. The lowest BCUT2D eigenvalue weighted by atomic mass is 10.1. The Labute approximate surface area is 123 Å². The van der Waals surface area contributed by atoms with Gasteiger partial charge in [-0.05, 0) is 43.2 Å². The predicted molar refractivity (Wildman–Crippen MR) is 80.9 cm³/mol. The molecule has 0 atom stereocenters. The summed E-state index contributed by atoms with van der Waals surface area (Å²) in [5.41, 5.74) is 7.85. The normalized spacial score (nSPS) is 10.3.